The van der Waals surface area contributed by atoms with Crippen LogP contribution in [0.2, 0.25) is 0 Å². The molecule has 0 bridgehead atoms. The van der Waals surface area contributed by atoms with Gasteiger partial charge in [-0.15, -0.1) is 0 Å². The second-order valence-electron chi connectivity index (χ2n) is 3.13. The summed E-state index contributed by atoms with van der Waals surface area (Å²) in [5, 5.41) is 0. The summed E-state index contributed by atoms with van der Waals surface area (Å²) in [4.78, 5) is 10.5. The van der Waals surface area contributed by atoms with Crippen LogP contribution in [0.1, 0.15) is 5.56 Å². The number of carbonyl (C=O) groups excluding carboxylic acids is 1. The van der Waals surface area contributed by atoms with Crippen molar-refractivity contribution in [1.82, 2.24) is 0 Å². The normalized spacial score (nSPS) is 11.3. The highest BCUT2D eigenvalue weighted by Crippen LogP contribution is 2.12. The minimum atomic E-state index is -3.44. The Morgan fingerprint density at radius 1 is 1.27 bits per heavy atom. The van der Waals surface area contributed by atoms with E-state index < -0.39 is 21.5 Å². The van der Waals surface area contributed by atoms with Gasteiger partial charge >= 0.3 is 0 Å². The summed E-state index contributed by atoms with van der Waals surface area (Å²) in [5.41, 5.74) is 5.47. The maximum absolute atomic E-state index is 11.4. The summed E-state index contributed by atoms with van der Waals surface area (Å²) in [5.74, 6) is -1.60. The molecule has 0 aromatic heterocycles. The van der Waals surface area contributed by atoms with Gasteiger partial charge in [0.15, 0.2) is 9.84 Å². The maximum atomic E-state index is 11.4. The lowest BCUT2D eigenvalue weighted by Gasteiger charge is -2.02. The first-order valence-electron chi connectivity index (χ1n) is 4.12. The zero-order chi connectivity index (χ0) is 11.5. The Labute approximate surface area is 96.5 Å². The molecule has 82 valence electrons. The summed E-state index contributed by atoms with van der Waals surface area (Å²) in [6.07, 6.45) is 0. The van der Waals surface area contributed by atoms with Crippen molar-refractivity contribution in [1.29, 1.82) is 0 Å². The monoisotopic (exact) mass is 291 g/mol. The Balaban J connectivity index is 2.78. The van der Waals surface area contributed by atoms with E-state index >= 15 is 0 Å². The molecule has 0 saturated heterocycles. The van der Waals surface area contributed by atoms with Crippen molar-refractivity contribution in [3.05, 3.63) is 34.3 Å². The number of hydrogen-bond donors (Lipinski definition) is 1. The van der Waals surface area contributed by atoms with E-state index in [1.165, 1.54) is 0 Å². The third-order valence-electron chi connectivity index (χ3n) is 1.66. The van der Waals surface area contributed by atoms with Crippen LogP contribution in [0.4, 0.5) is 0 Å². The molecule has 0 fully saturated rings. The van der Waals surface area contributed by atoms with Gasteiger partial charge in [-0.05, 0) is 17.7 Å². The number of rotatable bonds is 4. The fourth-order valence-corrected chi connectivity index (χ4v) is 2.60. The fourth-order valence-electron chi connectivity index (χ4n) is 1.10. The van der Waals surface area contributed by atoms with Crippen LogP contribution in [0.25, 0.3) is 0 Å². The molecule has 0 aliphatic carbocycles. The molecule has 15 heavy (non-hydrogen) atoms. The highest BCUT2D eigenvalue weighted by atomic mass is 79.9. The first-order valence-corrected chi connectivity index (χ1v) is 6.74. The van der Waals surface area contributed by atoms with Gasteiger partial charge < -0.3 is 5.73 Å². The van der Waals surface area contributed by atoms with E-state index in [4.69, 9.17) is 5.73 Å². The molecule has 6 heteroatoms. The van der Waals surface area contributed by atoms with E-state index in [0.717, 1.165) is 4.47 Å². The van der Waals surface area contributed by atoms with Gasteiger partial charge in [-0.2, -0.15) is 0 Å². The molecule has 0 unspecified atom stereocenters. The number of benzene rings is 1. The summed E-state index contributed by atoms with van der Waals surface area (Å²) in [6.45, 7) is 0. The predicted octanol–water partition coefficient (Wildman–Crippen LogP) is 0.849. The number of carbonyl (C=O) groups is 1. The van der Waals surface area contributed by atoms with Crippen molar-refractivity contribution in [3.63, 3.8) is 0 Å². The molecule has 0 radical (unpaired) electrons. The first kappa shape index (κ1) is 12.2. The molecule has 0 aliphatic rings. The zero-order valence-electron chi connectivity index (χ0n) is 7.81. The van der Waals surface area contributed by atoms with Crippen LogP contribution in [0.3, 0.4) is 0 Å². The lowest BCUT2D eigenvalue weighted by Crippen LogP contribution is -2.24. The van der Waals surface area contributed by atoms with E-state index in [1.54, 1.807) is 24.3 Å². The lowest BCUT2D eigenvalue weighted by molar-refractivity contribution is -0.115. The van der Waals surface area contributed by atoms with Crippen LogP contribution in [0, 0.1) is 0 Å². The quantitative estimate of drug-likeness (QED) is 0.893. The number of amides is 1. The van der Waals surface area contributed by atoms with Crippen LogP contribution in [0.15, 0.2) is 28.7 Å². The second kappa shape index (κ2) is 4.76. The molecule has 4 nitrogen and oxygen atoms in total. The van der Waals surface area contributed by atoms with Crippen molar-refractivity contribution in [3.8, 4) is 0 Å². The molecular formula is C9H10BrNO3S. The molecule has 0 spiro atoms. The van der Waals surface area contributed by atoms with Gasteiger partial charge in [0.1, 0.15) is 5.75 Å². The molecule has 0 aliphatic heterocycles. The minimum Gasteiger partial charge on any atom is -0.369 e. The molecule has 2 N–H and O–H groups in total. The summed E-state index contributed by atoms with van der Waals surface area (Å²) in [6, 6.07) is 6.86. The molecular weight excluding hydrogens is 282 g/mol. The van der Waals surface area contributed by atoms with Crippen LogP contribution >= 0.6 is 15.9 Å². The molecule has 1 aromatic rings. The van der Waals surface area contributed by atoms with E-state index in [9.17, 15) is 13.2 Å². The smallest absolute Gasteiger partial charge is 0.232 e. The van der Waals surface area contributed by atoms with E-state index in [0.29, 0.717) is 5.56 Å². The number of nitrogens with two attached hydrogens (primary N) is 1. The molecule has 1 amide bonds. The van der Waals surface area contributed by atoms with Gasteiger partial charge in [-0.25, -0.2) is 8.42 Å². The summed E-state index contributed by atoms with van der Waals surface area (Å²) in [7, 11) is -3.44. The Morgan fingerprint density at radius 2 is 1.80 bits per heavy atom. The van der Waals surface area contributed by atoms with Crippen LogP contribution in [-0.4, -0.2) is 20.1 Å². The van der Waals surface area contributed by atoms with Crippen LogP contribution in [-0.2, 0) is 20.4 Å². The van der Waals surface area contributed by atoms with Gasteiger partial charge in [0.2, 0.25) is 5.91 Å². The van der Waals surface area contributed by atoms with Gasteiger partial charge in [0.05, 0.1) is 5.75 Å². The highest BCUT2D eigenvalue weighted by molar-refractivity contribution is 9.10. The van der Waals surface area contributed by atoms with Crippen molar-refractivity contribution < 1.29 is 13.2 Å². The number of hydrogen-bond acceptors (Lipinski definition) is 3. The number of sulfone groups is 1. The molecule has 0 saturated carbocycles. The Hall–Kier alpha value is -0.880. The SMILES string of the molecule is NC(=O)CS(=O)(=O)Cc1ccc(Br)cc1. The van der Waals surface area contributed by atoms with Gasteiger partial charge in [-0.3, -0.25) is 4.79 Å². The second-order valence-corrected chi connectivity index (χ2v) is 6.11. The van der Waals surface area contributed by atoms with Gasteiger partial charge in [0, 0.05) is 4.47 Å². The largest absolute Gasteiger partial charge is 0.369 e. The molecule has 1 aromatic carbocycles. The summed E-state index contributed by atoms with van der Waals surface area (Å²) >= 11 is 3.24. The van der Waals surface area contributed by atoms with E-state index in [2.05, 4.69) is 15.9 Å². The van der Waals surface area contributed by atoms with Crippen LogP contribution in [0.5, 0.6) is 0 Å². The Bertz CT molecular complexity index is 453. The third-order valence-corrected chi connectivity index (χ3v) is 3.69. The number of primary amides is 1. The van der Waals surface area contributed by atoms with Gasteiger partial charge in [-0.1, -0.05) is 28.1 Å². The zero-order valence-corrected chi connectivity index (χ0v) is 10.2. The average molecular weight is 292 g/mol. The Morgan fingerprint density at radius 3 is 2.27 bits per heavy atom. The van der Waals surface area contributed by atoms with Crippen LogP contribution < -0.4 is 5.73 Å². The van der Waals surface area contributed by atoms with E-state index in [-0.39, 0.29) is 5.75 Å². The maximum Gasteiger partial charge on any atom is 0.232 e. The van der Waals surface area contributed by atoms with Crippen molar-refractivity contribution in [2.24, 2.45) is 5.73 Å². The molecule has 0 atom stereocenters. The van der Waals surface area contributed by atoms with Gasteiger partial charge in [0.25, 0.3) is 0 Å². The first-order chi connectivity index (χ1) is 6.89. The van der Waals surface area contributed by atoms with Crippen molar-refractivity contribution in [2.45, 2.75) is 5.75 Å². The highest BCUT2D eigenvalue weighted by Gasteiger charge is 2.14. The average Bonchev–Trinajstić information content (AvgIpc) is 2.06. The van der Waals surface area contributed by atoms with E-state index in [1.807, 2.05) is 0 Å². The topological polar surface area (TPSA) is 77.2 Å². The Kier molecular flexibility index (Phi) is 3.87. The van der Waals surface area contributed by atoms with Crippen molar-refractivity contribution >= 4 is 31.7 Å². The molecule has 0 heterocycles. The fraction of sp³-hybridized carbons (Fsp3) is 0.222. The number of halogens is 1. The third kappa shape index (κ3) is 4.44. The van der Waals surface area contributed by atoms with Crippen molar-refractivity contribution in [2.75, 3.05) is 5.75 Å². The predicted molar refractivity (Wildman–Crippen MR) is 60.8 cm³/mol. The lowest BCUT2D eigenvalue weighted by atomic mass is 10.2. The summed E-state index contributed by atoms with van der Waals surface area (Å²) < 4.78 is 23.6. The standard InChI is InChI=1S/C9H10BrNO3S/c10-8-3-1-7(2-4-8)5-15(13,14)6-9(11)12/h1-4H,5-6H2,(H2,11,12). The molecule has 1 rings (SSSR count). The minimum absolute atomic E-state index is 0.163.